The SMILES string of the molecule is CSc1nc(NN)cc(NC2C3(C)CCC(C3)C2(C)C)n1. The molecule has 2 aliphatic carbocycles. The lowest BCUT2D eigenvalue weighted by Gasteiger charge is -2.43. The van der Waals surface area contributed by atoms with Crippen LogP contribution < -0.4 is 16.6 Å². The Morgan fingerprint density at radius 3 is 2.57 bits per heavy atom. The molecule has 2 saturated carbocycles. The minimum Gasteiger partial charge on any atom is -0.366 e. The third-order valence-electron chi connectivity index (χ3n) is 5.60. The number of nitrogens with one attached hydrogen (secondary N) is 2. The monoisotopic (exact) mass is 307 g/mol. The van der Waals surface area contributed by atoms with E-state index in [0.29, 0.717) is 22.7 Å². The second-order valence-electron chi connectivity index (χ2n) is 7.26. The molecule has 1 aromatic rings. The molecule has 3 rings (SSSR count). The summed E-state index contributed by atoms with van der Waals surface area (Å²) >= 11 is 1.53. The standard InChI is InChI=1S/C15H25N5S/c1-14(2)9-5-6-15(3,8-9)12(14)17-10-7-11(20-16)19-13(18-10)21-4/h7,9,12H,5-6,8,16H2,1-4H3,(H2,17,18,19,20). The molecule has 1 aromatic heterocycles. The first-order valence-electron chi connectivity index (χ1n) is 7.55. The van der Waals surface area contributed by atoms with Crippen LogP contribution in [0.3, 0.4) is 0 Å². The maximum absolute atomic E-state index is 5.51. The first kappa shape index (κ1) is 14.9. The number of rotatable bonds is 4. The average molecular weight is 307 g/mol. The van der Waals surface area contributed by atoms with Crippen LogP contribution in [0.2, 0.25) is 0 Å². The van der Waals surface area contributed by atoms with E-state index in [1.54, 1.807) is 0 Å². The Kier molecular flexibility index (Phi) is 3.56. The van der Waals surface area contributed by atoms with E-state index < -0.39 is 0 Å². The molecular weight excluding hydrogens is 282 g/mol. The van der Waals surface area contributed by atoms with Gasteiger partial charge in [-0.15, -0.1) is 0 Å². The first-order valence-corrected chi connectivity index (χ1v) is 8.78. The molecule has 2 aliphatic rings. The number of nitrogens with zero attached hydrogens (tertiary/aromatic N) is 2. The normalized spacial score (nSPS) is 33.2. The maximum atomic E-state index is 5.51. The van der Waals surface area contributed by atoms with E-state index >= 15 is 0 Å². The number of nitrogens with two attached hydrogens (primary N) is 1. The van der Waals surface area contributed by atoms with Crippen molar-refractivity contribution in [3.8, 4) is 0 Å². The molecule has 0 amide bonds. The quantitative estimate of drug-likeness (QED) is 0.343. The van der Waals surface area contributed by atoms with Gasteiger partial charge in [0.2, 0.25) is 0 Å². The van der Waals surface area contributed by atoms with E-state index in [9.17, 15) is 0 Å². The molecule has 21 heavy (non-hydrogen) atoms. The van der Waals surface area contributed by atoms with Gasteiger partial charge in [0, 0.05) is 12.1 Å². The van der Waals surface area contributed by atoms with Crippen molar-refractivity contribution < 1.29 is 0 Å². The van der Waals surface area contributed by atoms with Crippen molar-refractivity contribution in [1.82, 2.24) is 9.97 Å². The molecule has 3 atom stereocenters. The van der Waals surface area contributed by atoms with Crippen LogP contribution >= 0.6 is 11.8 Å². The van der Waals surface area contributed by atoms with Crippen molar-refractivity contribution in [2.45, 2.75) is 51.2 Å². The third kappa shape index (κ3) is 2.38. The maximum Gasteiger partial charge on any atom is 0.191 e. The number of fused-ring (bicyclic) bond motifs is 2. The van der Waals surface area contributed by atoms with Crippen LogP contribution in [0.4, 0.5) is 11.6 Å². The van der Waals surface area contributed by atoms with Gasteiger partial charge in [0.15, 0.2) is 5.16 Å². The summed E-state index contributed by atoms with van der Waals surface area (Å²) in [7, 11) is 0. The summed E-state index contributed by atoms with van der Waals surface area (Å²) in [6, 6.07) is 2.34. The number of hydrogen-bond acceptors (Lipinski definition) is 6. The molecule has 0 aromatic carbocycles. The van der Waals surface area contributed by atoms with Gasteiger partial charge in [0.05, 0.1) is 0 Å². The fraction of sp³-hybridized carbons (Fsp3) is 0.733. The number of hydrogen-bond donors (Lipinski definition) is 3. The van der Waals surface area contributed by atoms with Crippen LogP contribution in [-0.2, 0) is 0 Å². The molecule has 116 valence electrons. The van der Waals surface area contributed by atoms with E-state index in [1.165, 1.54) is 31.0 Å². The smallest absolute Gasteiger partial charge is 0.191 e. The molecular formula is C15H25N5S. The number of anilines is 2. The van der Waals surface area contributed by atoms with Gasteiger partial charge >= 0.3 is 0 Å². The second-order valence-corrected chi connectivity index (χ2v) is 8.04. The third-order valence-corrected chi connectivity index (χ3v) is 6.15. The Hall–Kier alpha value is -1.01. The number of nitrogen functional groups attached to an aromatic ring is 1. The summed E-state index contributed by atoms with van der Waals surface area (Å²) in [6.07, 6.45) is 5.96. The van der Waals surface area contributed by atoms with Gasteiger partial charge in [0.25, 0.3) is 0 Å². The lowest BCUT2D eigenvalue weighted by molar-refractivity contribution is 0.155. The highest BCUT2D eigenvalue weighted by molar-refractivity contribution is 7.98. The molecule has 1 heterocycles. The first-order chi connectivity index (χ1) is 9.89. The number of aromatic nitrogens is 2. The van der Waals surface area contributed by atoms with Gasteiger partial charge in [-0.05, 0) is 42.3 Å². The Balaban J connectivity index is 1.89. The number of hydrazine groups is 1. The van der Waals surface area contributed by atoms with Crippen molar-refractivity contribution in [2.75, 3.05) is 17.0 Å². The highest BCUT2D eigenvalue weighted by Crippen LogP contribution is 2.63. The molecule has 0 spiro atoms. The molecule has 2 fully saturated rings. The van der Waals surface area contributed by atoms with Crippen LogP contribution in [0, 0.1) is 16.7 Å². The molecule has 5 nitrogen and oxygen atoms in total. The Morgan fingerprint density at radius 2 is 2.00 bits per heavy atom. The summed E-state index contributed by atoms with van der Waals surface area (Å²) in [5.41, 5.74) is 3.30. The summed E-state index contributed by atoms with van der Waals surface area (Å²) in [5, 5.41) is 4.43. The average Bonchev–Trinajstić information content (AvgIpc) is 2.94. The lowest BCUT2D eigenvalue weighted by Crippen LogP contribution is -2.46. The lowest BCUT2D eigenvalue weighted by atomic mass is 9.68. The Labute approximate surface area is 130 Å². The predicted octanol–water partition coefficient (Wildman–Crippen LogP) is 3.11. The molecule has 4 N–H and O–H groups in total. The summed E-state index contributed by atoms with van der Waals surface area (Å²) in [5.74, 6) is 7.85. The van der Waals surface area contributed by atoms with Gasteiger partial charge in [-0.25, -0.2) is 15.8 Å². The van der Waals surface area contributed by atoms with Crippen LogP contribution in [0.5, 0.6) is 0 Å². The van der Waals surface area contributed by atoms with Crippen LogP contribution in [0.1, 0.15) is 40.0 Å². The van der Waals surface area contributed by atoms with E-state index in [0.717, 1.165) is 16.9 Å². The van der Waals surface area contributed by atoms with E-state index in [2.05, 4.69) is 41.5 Å². The predicted molar refractivity (Wildman–Crippen MR) is 88.3 cm³/mol. The fourth-order valence-corrected chi connectivity index (χ4v) is 4.85. The Morgan fingerprint density at radius 1 is 1.29 bits per heavy atom. The van der Waals surface area contributed by atoms with Gasteiger partial charge in [0.1, 0.15) is 11.6 Å². The molecule has 0 aliphatic heterocycles. The minimum absolute atomic E-state index is 0.299. The fourth-order valence-electron chi connectivity index (χ4n) is 4.47. The highest BCUT2D eigenvalue weighted by Gasteiger charge is 2.59. The second kappa shape index (κ2) is 5.02. The summed E-state index contributed by atoms with van der Waals surface area (Å²) in [4.78, 5) is 8.91. The summed E-state index contributed by atoms with van der Waals surface area (Å²) in [6.45, 7) is 7.19. The van der Waals surface area contributed by atoms with Crippen molar-refractivity contribution in [2.24, 2.45) is 22.6 Å². The molecule has 2 bridgehead atoms. The van der Waals surface area contributed by atoms with Crippen molar-refractivity contribution >= 4 is 23.4 Å². The molecule has 0 saturated heterocycles. The van der Waals surface area contributed by atoms with Gasteiger partial charge in [-0.3, -0.25) is 0 Å². The zero-order valence-corrected chi connectivity index (χ0v) is 14.0. The van der Waals surface area contributed by atoms with E-state index in [4.69, 9.17) is 5.84 Å². The highest BCUT2D eigenvalue weighted by atomic mass is 32.2. The van der Waals surface area contributed by atoms with Crippen molar-refractivity contribution in [3.63, 3.8) is 0 Å². The van der Waals surface area contributed by atoms with Crippen LogP contribution in [-0.4, -0.2) is 22.3 Å². The van der Waals surface area contributed by atoms with Gasteiger partial charge in [-0.2, -0.15) is 0 Å². The summed E-state index contributed by atoms with van der Waals surface area (Å²) < 4.78 is 0. The van der Waals surface area contributed by atoms with Crippen molar-refractivity contribution in [1.29, 1.82) is 0 Å². The molecule has 0 radical (unpaired) electrons. The van der Waals surface area contributed by atoms with Crippen LogP contribution in [0.25, 0.3) is 0 Å². The zero-order chi connectivity index (χ0) is 15.3. The van der Waals surface area contributed by atoms with Gasteiger partial charge in [-0.1, -0.05) is 32.5 Å². The van der Waals surface area contributed by atoms with Crippen LogP contribution in [0.15, 0.2) is 11.2 Å². The topological polar surface area (TPSA) is 75.9 Å². The van der Waals surface area contributed by atoms with E-state index in [1.807, 2.05) is 12.3 Å². The number of thioether (sulfide) groups is 1. The molecule has 3 unspecified atom stereocenters. The largest absolute Gasteiger partial charge is 0.366 e. The molecule has 6 heteroatoms. The van der Waals surface area contributed by atoms with E-state index in [-0.39, 0.29) is 0 Å². The minimum atomic E-state index is 0.299. The Bertz CT molecular complexity index is 520. The van der Waals surface area contributed by atoms with Gasteiger partial charge < -0.3 is 10.7 Å². The van der Waals surface area contributed by atoms with Crippen molar-refractivity contribution in [3.05, 3.63) is 6.07 Å². The zero-order valence-electron chi connectivity index (χ0n) is 13.2.